The first-order valence-corrected chi connectivity index (χ1v) is 7.87. The summed E-state index contributed by atoms with van der Waals surface area (Å²) in [5, 5.41) is 11.5. The summed E-state index contributed by atoms with van der Waals surface area (Å²) in [6.07, 6.45) is -0.543. The first-order chi connectivity index (χ1) is 10.3. The molecule has 0 unspecified atom stereocenters. The van der Waals surface area contributed by atoms with Crippen molar-refractivity contribution in [1.29, 1.82) is 0 Å². The predicted molar refractivity (Wildman–Crippen MR) is 79.5 cm³/mol. The highest BCUT2D eigenvalue weighted by atomic mass is 32.2. The molecule has 1 fully saturated rings. The topological polar surface area (TPSA) is 113 Å². The van der Waals surface area contributed by atoms with Crippen LogP contribution in [0.3, 0.4) is 0 Å². The molecule has 1 aliphatic rings. The van der Waals surface area contributed by atoms with Crippen LogP contribution >= 0.6 is 11.8 Å². The lowest BCUT2D eigenvalue weighted by molar-refractivity contribution is -0.148. The van der Waals surface area contributed by atoms with Gasteiger partial charge in [0.2, 0.25) is 5.91 Å². The second kappa shape index (κ2) is 8.62. The van der Waals surface area contributed by atoms with Gasteiger partial charge in [-0.05, 0) is 6.42 Å². The fourth-order valence-corrected chi connectivity index (χ4v) is 2.76. The minimum atomic E-state index is -1.12. The number of aliphatic carboxylic acids is 1. The summed E-state index contributed by atoms with van der Waals surface area (Å²) in [5.41, 5.74) is 0. The van der Waals surface area contributed by atoms with Gasteiger partial charge in [-0.2, -0.15) is 0 Å². The number of hydrogen-bond acceptors (Lipinski definition) is 6. The van der Waals surface area contributed by atoms with Gasteiger partial charge in [0.15, 0.2) is 5.12 Å². The van der Waals surface area contributed by atoms with E-state index >= 15 is 0 Å². The Morgan fingerprint density at radius 2 is 2.05 bits per heavy atom. The molecule has 0 aromatic rings. The Labute approximate surface area is 132 Å². The van der Waals surface area contributed by atoms with E-state index in [-0.39, 0.29) is 30.4 Å². The van der Waals surface area contributed by atoms with Crippen molar-refractivity contribution in [3.63, 3.8) is 0 Å². The summed E-state index contributed by atoms with van der Waals surface area (Å²) in [4.78, 5) is 46.6. The summed E-state index contributed by atoms with van der Waals surface area (Å²) in [7, 11) is 1.40. The lowest BCUT2D eigenvalue weighted by atomic mass is 10.2. The average molecular weight is 332 g/mol. The van der Waals surface area contributed by atoms with Gasteiger partial charge in [-0.3, -0.25) is 9.59 Å². The fourth-order valence-electron chi connectivity index (χ4n) is 2.19. The van der Waals surface area contributed by atoms with Crippen molar-refractivity contribution >= 4 is 34.8 Å². The summed E-state index contributed by atoms with van der Waals surface area (Å²) in [5.74, 6) is -0.904. The molecule has 9 heteroatoms. The maximum absolute atomic E-state index is 12.1. The Balaban J connectivity index is 2.54. The van der Waals surface area contributed by atoms with Crippen molar-refractivity contribution in [2.75, 3.05) is 19.3 Å². The SMILES string of the molecule is CNC(=O)O[C@H]1C[C@H](C(=O)O)N(C(=O)CCCSC(C)=O)C1. The molecule has 1 heterocycles. The zero-order valence-electron chi connectivity index (χ0n) is 12.5. The molecule has 2 amide bonds. The number of carboxylic acid groups (broad SMARTS) is 1. The molecule has 0 bridgehead atoms. The van der Waals surface area contributed by atoms with Crippen LogP contribution in [0, 0.1) is 0 Å². The Hall–Kier alpha value is -1.77. The number of amides is 2. The van der Waals surface area contributed by atoms with E-state index in [0.717, 1.165) is 11.8 Å². The molecule has 0 spiro atoms. The molecule has 8 nitrogen and oxygen atoms in total. The van der Waals surface area contributed by atoms with Gasteiger partial charge in [-0.25, -0.2) is 9.59 Å². The molecular formula is C13H20N2O6S. The number of alkyl carbamates (subject to hydrolysis) is 1. The second-order valence-corrected chi connectivity index (χ2v) is 6.13. The summed E-state index contributed by atoms with van der Waals surface area (Å²) in [6, 6.07) is -0.984. The van der Waals surface area contributed by atoms with E-state index in [1.165, 1.54) is 18.9 Å². The number of nitrogens with zero attached hydrogens (tertiary/aromatic N) is 1. The van der Waals surface area contributed by atoms with Crippen molar-refractivity contribution < 1.29 is 29.0 Å². The van der Waals surface area contributed by atoms with E-state index < -0.39 is 24.2 Å². The maximum Gasteiger partial charge on any atom is 0.407 e. The van der Waals surface area contributed by atoms with E-state index in [4.69, 9.17) is 4.74 Å². The Morgan fingerprint density at radius 3 is 2.59 bits per heavy atom. The van der Waals surface area contributed by atoms with Gasteiger partial charge in [-0.15, -0.1) is 0 Å². The van der Waals surface area contributed by atoms with Gasteiger partial charge in [0.05, 0.1) is 6.54 Å². The first-order valence-electron chi connectivity index (χ1n) is 6.89. The standard InChI is InChI=1S/C13H20N2O6S/c1-8(16)22-5-3-4-11(17)15-7-9(21-13(20)14-2)6-10(15)12(18)19/h9-10H,3-7H2,1-2H3,(H,14,20)(H,18,19)/t9-,10+/m0/s1. The Kier molecular flexibility index (Phi) is 7.16. The average Bonchev–Trinajstić information content (AvgIpc) is 2.87. The second-order valence-electron chi connectivity index (χ2n) is 4.86. The first kappa shape index (κ1) is 18.3. The molecule has 22 heavy (non-hydrogen) atoms. The quantitative estimate of drug-likeness (QED) is 0.679. The molecule has 0 saturated carbocycles. The van der Waals surface area contributed by atoms with Crippen LogP contribution in [0.15, 0.2) is 0 Å². The van der Waals surface area contributed by atoms with Crippen LogP contribution in [0.2, 0.25) is 0 Å². The lowest BCUT2D eigenvalue weighted by Crippen LogP contribution is -2.40. The number of rotatable bonds is 6. The van der Waals surface area contributed by atoms with Crippen LogP contribution in [0.1, 0.15) is 26.2 Å². The van der Waals surface area contributed by atoms with Crippen molar-refractivity contribution in [3.05, 3.63) is 0 Å². The Morgan fingerprint density at radius 1 is 1.36 bits per heavy atom. The molecule has 0 aromatic carbocycles. The third kappa shape index (κ3) is 5.55. The van der Waals surface area contributed by atoms with Gasteiger partial charge >= 0.3 is 12.1 Å². The molecule has 124 valence electrons. The van der Waals surface area contributed by atoms with Gasteiger partial charge in [0.1, 0.15) is 12.1 Å². The van der Waals surface area contributed by atoms with Gasteiger partial charge < -0.3 is 20.1 Å². The Bertz CT molecular complexity index is 456. The smallest absolute Gasteiger partial charge is 0.407 e. The third-order valence-corrected chi connectivity index (χ3v) is 4.09. The molecule has 2 N–H and O–H groups in total. The highest BCUT2D eigenvalue weighted by Gasteiger charge is 2.41. The molecule has 1 aliphatic heterocycles. The molecular weight excluding hydrogens is 312 g/mol. The summed E-state index contributed by atoms with van der Waals surface area (Å²) < 4.78 is 5.02. The van der Waals surface area contributed by atoms with Gasteiger partial charge in [0.25, 0.3) is 0 Å². The van der Waals surface area contributed by atoms with Crippen LogP contribution < -0.4 is 5.32 Å². The van der Waals surface area contributed by atoms with E-state index in [2.05, 4.69) is 5.32 Å². The van der Waals surface area contributed by atoms with Crippen LogP contribution in [0.5, 0.6) is 0 Å². The van der Waals surface area contributed by atoms with Crippen molar-refractivity contribution in [1.82, 2.24) is 10.2 Å². The van der Waals surface area contributed by atoms with Crippen LogP contribution in [0.25, 0.3) is 0 Å². The molecule has 0 radical (unpaired) electrons. The van der Waals surface area contributed by atoms with Crippen molar-refractivity contribution in [2.24, 2.45) is 0 Å². The minimum absolute atomic E-state index is 0.0175. The van der Waals surface area contributed by atoms with E-state index in [0.29, 0.717) is 12.2 Å². The number of carboxylic acids is 1. The van der Waals surface area contributed by atoms with E-state index in [1.807, 2.05) is 0 Å². The van der Waals surface area contributed by atoms with E-state index in [1.54, 1.807) is 0 Å². The summed E-state index contributed by atoms with van der Waals surface area (Å²) in [6.45, 7) is 1.53. The number of hydrogen-bond donors (Lipinski definition) is 2. The van der Waals surface area contributed by atoms with Crippen LogP contribution in [-0.4, -0.2) is 64.6 Å². The highest BCUT2D eigenvalue weighted by Crippen LogP contribution is 2.22. The monoisotopic (exact) mass is 332 g/mol. The number of carbonyl (C=O) groups excluding carboxylic acids is 3. The highest BCUT2D eigenvalue weighted by molar-refractivity contribution is 8.13. The van der Waals surface area contributed by atoms with Crippen molar-refractivity contribution in [2.45, 2.75) is 38.3 Å². The fraction of sp³-hybridized carbons (Fsp3) is 0.692. The minimum Gasteiger partial charge on any atom is -0.480 e. The maximum atomic E-state index is 12.1. The number of nitrogens with one attached hydrogen (secondary N) is 1. The number of carbonyl (C=O) groups is 4. The number of thioether (sulfide) groups is 1. The number of likely N-dealkylation sites (tertiary alicyclic amines) is 1. The zero-order valence-corrected chi connectivity index (χ0v) is 13.4. The molecule has 0 aliphatic carbocycles. The predicted octanol–water partition coefficient (Wildman–Crippen LogP) is 0.456. The lowest BCUT2D eigenvalue weighted by Gasteiger charge is -2.21. The largest absolute Gasteiger partial charge is 0.480 e. The van der Waals surface area contributed by atoms with Crippen LogP contribution in [-0.2, 0) is 19.1 Å². The molecule has 1 saturated heterocycles. The van der Waals surface area contributed by atoms with Crippen LogP contribution in [0.4, 0.5) is 4.79 Å². The normalized spacial score (nSPS) is 20.5. The molecule has 2 atom stereocenters. The summed E-state index contributed by atoms with van der Waals surface area (Å²) >= 11 is 1.13. The van der Waals surface area contributed by atoms with Gasteiger partial charge in [0, 0.05) is 32.6 Å². The third-order valence-electron chi connectivity index (χ3n) is 3.19. The van der Waals surface area contributed by atoms with E-state index in [9.17, 15) is 24.3 Å². The zero-order chi connectivity index (χ0) is 16.7. The number of ether oxygens (including phenoxy) is 1. The van der Waals surface area contributed by atoms with Crippen molar-refractivity contribution in [3.8, 4) is 0 Å². The molecule has 0 aromatic heterocycles. The molecule has 1 rings (SSSR count). The van der Waals surface area contributed by atoms with Gasteiger partial charge in [-0.1, -0.05) is 11.8 Å².